The van der Waals surface area contributed by atoms with E-state index in [0.717, 1.165) is 0 Å². The lowest BCUT2D eigenvalue weighted by atomic mass is 9.86. The first-order valence-electron chi connectivity index (χ1n) is 5.49. The van der Waals surface area contributed by atoms with Crippen LogP contribution in [-0.2, 0) is 0 Å². The molecule has 0 spiro atoms. The fraction of sp³-hybridized carbons (Fsp3) is 0.833. The lowest BCUT2D eigenvalue weighted by Crippen LogP contribution is -2.06. The SMILES string of the molecule is CC1(C=C2CCCC2)CCCC1. The Balaban J connectivity index is 2.03. The monoisotopic (exact) mass is 164 g/mol. The highest BCUT2D eigenvalue weighted by atomic mass is 14.3. The molecule has 0 heterocycles. The molecule has 2 rings (SSSR count). The first-order valence-corrected chi connectivity index (χ1v) is 5.49. The van der Waals surface area contributed by atoms with E-state index >= 15 is 0 Å². The van der Waals surface area contributed by atoms with E-state index in [1.54, 1.807) is 5.57 Å². The molecule has 2 aliphatic rings. The smallest absolute Gasteiger partial charge is 0.0144 e. The number of allylic oxidation sites excluding steroid dienone is 2. The second-order valence-electron chi connectivity index (χ2n) is 4.87. The number of rotatable bonds is 1. The van der Waals surface area contributed by atoms with Crippen molar-refractivity contribution in [3.63, 3.8) is 0 Å². The summed E-state index contributed by atoms with van der Waals surface area (Å²) in [5.74, 6) is 0. The molecule has 12 heavy (non-hydrogen) atoms. The van der Waals surface area contributed by atoms with Gasteiger partial charge in [-0.3, -0.25) is 0 Å². The van der Waals surface area contributed by atoms with Crippen LogP contribution in [0.15, 0.2) is 11.6 Å². The number of hydrogen-bond donors (Lipinski definition) is 0. The van der Waals surface area contributed by atoms with E-state index in [1.165, 1.54) is 51.4 Å². The average molecular weight is 164 g/mol. The maximum absolute atomic E-state index is 2.62. The van der Waals surface area contributed by atoms with Crippen LogP contribution in [0.4, 0.5) is 0 Å². The van der Waals surface area contributed by atoms with Crippen molar-refractivity contribution in [3.8, 4) is 0 Å². The van der Waals surface area contributed by atoms with E-state index in [-0.39, 0.29) is 0 Å². The molecule has 0 unspecified atom stereocenters. The zero-order valence-corrected chi connectivity index (χ0v) is 8.23. The Kier molecular flexibility index (Phi) is 2.25. The van der Waals surface area contributed by atoms with Crippen LogP contribution in [0.2, 0.25) is 0 Å². The van der Waals surface area contributed by atoms with Gasteiger partial charge in [0.2, 0.25) is 0 Å². The first kappa shape index (κ1) is 8.34. The Bertz CT molecular complexity index is 174. The molecule has 0 nitrogen and oxygen atoms in total. The van der Waals surface area contributed by atoms with Crippen LogP contribution in [0, 0.1) is 5.41 Å². The molecule has 2 fully saturated rings. The van der Waals surface area contributed by atoms with Crippen LogP contribution in [0.5, 0.6) is 0 Å². The van der Waals surface area contributed by atoms with Gasteiger partial charge in [-0.25, -0.2) is 0 Å². The summed E-state index contributed by atoms with van der Waals surface area (Å²) in [7, 11) is 0. The zero-order chi connectivity index (χ0) is 8.44. The van der Waals surface area contributed by atoms with Gasteiger partial charge in [-0.05, 0) is 43.9 Å². The molecule has 0 amide bonds. The third-order valence-electron chi connectivity index (χ3n) is 3.54. The second kappa shape index (κ2) is 3.24. The largest absolute Gasteiger partial charge is 0.0794 e. The van der Waals surface area contributed by atoms with Crippen molar-refractivity contribution >= 4 is 0 Å². The highest BCUT2D eigenvalue weighted by Gasteiger charge is 2.26. The summed E-state index contributed by atoms with van der Waals surface area (Å²) in [5, 5.41) is 0. The molecule has 0 atom stereocenters. The maximum Gasteiger partial charge on any atom is -0.0144 e. The molecule has 0 bridgehead atoms. The van der Waals surface area contributed by atoms with Crippen molar-refractivity contribution in [2.24, 2.45) is 5.41 Å². The van der Waals surface area contributed by atoms with Crippen LogP contribution in [0.25, 0.3) is 0 Å². The van der Waals surface area contributed by atoms with E-state index in [4.69, 9.17) is 0 Å². The predicted molar refractivity (Wildman–Crippen MR) is 53.1 cm³/mol. The molecular weight excluding hydrogens is 144 g/mol. The van der Waals surface area contributed by atoms with Gasteiger partial charge in [-0.2, -0.15) is 0 Å². The molecule has 0 aromatic rings. The quantitative estimate of drug-likeness (QED) is 0.512. The van der Waals surface area contributed by atoms with Crippen molar-refractivity contribution < 1.29 is 0 Å². The Labute approximate surface area is 76.1 Å². The van der Waals surface area contributed by atoms with E-state index < -0.39 is 0 Å². The van der Waals surface area contributed by atoms with Crippen molar-refractivity contribution in [1.29, 1.82) is 0 Å². The maximum atomic E-state index is 2.62. The van der Waals surface area contributed by atoms with Gasteiger partial charge in [-0.15, -0.1) is 0 Å². The lowest BCUT2D eigenvalue weighted by molar-refractivity contribution is 0.442. The van der Waals surface area contributed by atoms with Crippen LogP contribution in [0.3, 0.4) is 0 Å². The summed E-state index contributed by atoms with van der Waals surface area (Å²) >= 11 is 0. The summed E-state index contributed by atoms with van der Waals surface area (Å²) in [6.45, 7) is 2.45. The fourth-order valence-corrected chi connectivity index (χ4v) is 2.79. The Hall–Kier alpha value is -0.260. The molecule has 0 saturated heterocycles. The summed E-state index contributed by atoms with van der Waals surface area (Å²) in [4.78, 5) is 0. The minimum absolute atomic E-state index is 0.597. The Morgan fingerprint density at radius 3 is 2.17 bits per heavy atom. The molecule has 0 aromatic heterocycles. The van der Waals surface area contributed by atoms with Gasteiger partial charge in [0.15, 0.2) is 0 Å². The van der Waals surface area contributed by atoms with Crippen LogP contribution >= 0.6 is 0 Å². The lowest BCUT2D eigenvalue weighted by Gasteiger charge is -2.19. The summed E-state index contributed by atoms with van der Waals surface area (Å²) in [5.41, 5.74) is 2.36. The van der Waals surface area contributed by atoms with Crippen molar-refractivity contribution in [2.75, 3.05) is 0 Å². The van der Waals surface area contributed by atoms with Gasteiger partial charge in [-0.1, -0.05) is 31.4 Å². The fourth-order valence-electron chi connectivity index (χ4n) is 2.79. The molecule has 0 aromatic carbocycles. The van der Waals surface area contributed by atoms with Gasteiger partial charge in [0.05, 0.1) is 0 Å². The van der Waals surface area contributed by atoms with Crippen molar-refractivity contribution in [2.45, 2.75) is 58.3 Å². The summed E-state index contributed by atoms with van der Waals surface area (Å²) < 4.78 is 0. The predicted octanol–water partition coefficient (Wildman–Crippen LogP) is 4.07. The summed E-state index contributed by atoms with van der Waals surface area (Å²) in [6, 6.07) is 0. The third-order valence-corrected chi connectivity index (χ3v) is 3.54. The van der Waals surface area contributed by atoms with Gasteiger partial charge in [0, 0.05) is 0 Å². The molecule has 0 aliphatic heterocycles. The van der Waals surface area contributed by atoms with E-state index in [2.05, 4.69) is 13.0 Å². The molecule has 0 heteroatoms. The van der Waals surface area contributed by atoms with Crippen molar-refractivity contribution in [1.82, 2.24) is 0 Å². The first-order chi connectivity index (χ1) is 5.79. The van der Waals surface area contributed by atoms with Gasteiger partial charge in [0.1, 0.15) is 0 Å². The topological polar surface area (TPSA) is 0 Å². The second-order valence-corrected chi connectivity index (χ2v) is 4.87. The van der Waals surface area contributed by atoms with E-state index in [1.807, 2.05) is 0 Å². The van der Waals surface area contributed by atoms with E-state index in [9.17, 15) is 0 Å². The standard InChI is InChI=1S/C12H20/c1-12(8-4-5-9-12)10-11-6-2-3-7-11/h10H,2-9H2,1H3. The normalized spacial score (nSPS) is 27.9. The van der Waals surface area contributed by atoms with Crippen LogP contribution < -0.4 is 0 Å². The van der Waals surface area contributed by atoms with Gasteiger partial charge >= 0.3 is 0 Å². The summed E-state index contributed by atoms with van der Waals surface area (Å²) in [6.07, 6.45) is 14.1. The average Bonchev–Trinajstić information content (AvgIpc) is 2.62. The Morgan fingerprint density at radius 2 is 1.58 bits per heavy atom. The highest BCUT2D eigenvalue weighted by Crippen LogP contribution is 2.41. The van der Waals surface area contributed by atoms with E-state index in [0.29, 0.717) is 5.41 Å². The van der Waals surface area contributed by atoms with Gasteiger partial charge in [0.25, 0.3) is 0 Å². The molecule has 2 saturated carbocycles. The molecule has 68 valence electrons. The van der Waals surface area contributed by atoms with Crippen LogP contribution in [0.1, 0.15) is 58.3 Å². The minimum Gasteiger partial charge on any atom is -0.0794 e. The molecule has 0 radical (unpaired) electrons. The molecule has 2 aliphatic carbocycles. The van der Waals surface area contributed by atoms with Gasteiger partial charge < -0.3 is 0 Å². The number of hydrogen-bond acceptors (Lipinski definition) is 0. The molecule has 0 N–H and O–H groups in total. The zero-order valence-electron chi connectivity index (χ0n) is 8.23. The third kappa shape index (κ3) is 1.73. The van der Waals surface area contributed by atoms with Crippen LogP contribution in [-0.4, -0.2) is 0 Å². The molecular formula is C12H20. The van der Waals surface area contributed by atoms with Crippen molar-refractivity contribution in [3.05, 3.63) is 11.6 Å². The highest BCUT2D eigenvalue weighted by molar-refractivity contribution is 5.12. The minimum atomic E-state index is 0.597. The Morgan fingerprint density at radius 1 is 1.00 bits per heavy atom.